The molecule has 1 aliphatic carbocycles. The Hall–Kier alpha value is -0.830. The van der Waals surface area contributed by atoms with E-state index in [1.807, 2.05) is 6.20 Å². The Bertz CT molecular complexity index is 324. The first-order chi connectivity index (χ1) is 7.72. The first kappa shape index (κ1) is 11.6. The van der Waals surface area contributed by atoms with Crippen molar-refractivity contribution >= 4 is 0 Å². The molecule has 0 radical (unpaired) electrons. The van der Waals surface area contributed by atoms with Gasteiger partial charge in [0.15, 0.2) is 0 Å². The third kappa shape index (κ3) is 2.29. The Morgan fingerprint density at radius 1 is 1.44 bits per heavy atom. The number of imidazole rings is 1. The van der Waals surface area contributed by atoms with E-state index in [4.69, 9.17) is 5.73 Å². The average Bonchev–Trinajstić information content (AvgIpc) is 2.86. The van der Waals surface area contributed by atoms with Crippen LogP contribution in [-0.2, 0) is 0 Å². The highest BCUT2D eigenvalue weighted by molar-refractivity contribution is 5.12. The minimum atomic E-state index is 0.371. The Balaban J connectivity index is 2.11. The van der Waals surface area contributed by atoms with Crippen molar-refractivity contribution in [2.24, 2.45) is 11.7 Å². The summed E-state index contributed by atoms with van der Waals surface area (Å²) in [5.41, 5.74) is 7.13. The lowest BCUT2D eigenvalue weighted by atomic mass is 9.95. The topological polar surface area (TPSA) is 54.7 Å². The van der Waals surface area contributed by atoms with E-state index in [0.29, 0.717) is 24.3 Å². The van der Waals surface area contributed by atoms with Crippen LogP contribution in [-0.4, -0.2) is 16.5 Å². The Kier molecular flexibility index (Phi) is 3.64. The van der Waals surface area contributed by atoms with Crippen LogP contribution in [0, 0.1) is 5.92 Å². The molecule has 1 saturated carbocycles. The summed E-state index contributed by atoms with van der Waals surface area (Å²) >= 11 is 0. The van der Waals surface area contributed by atoms with E-state index >= 15 is 0 Å². The maximum absolute atomic E-state index is 5.81. The van der Waals surface area contributed by atoms with Crippen LogP contribution in [0.2, 0.25) is 0 Å². The van der Waals surface area contributed by atoms with Gasteiger partial charge in [-0.2, -0.15) is 0 Å². The van der Waals surface area contributed by atoms with Crippen molar-refractivity contribution in [2.45, 2.75) is 51.4 Å². The number of H-pyrrole nitrogens is 1. The second kappa shape index (κ2) is 5.00. The van der Waals surface area contributed by atoms with Crippen molar-refractivity contribution < 1.29 is 0 Å². The van der Waals surface area contributed by atoms with E-state index in [0.717, 1.165) is 5.82 Å². The van der Waals surface area contributed by atoms with Gasteiger partial charge in [0.05, 0.1) is 0 Å². The third-order valence-electron chi connectivity index (χ3n) is 3.82. The molecule has 1 atom stereocenters. The van der Waals surface area contributed by atoms with Crippen LogP contribution >= 0.6 is 0 Å². The molecule has 0 amide bonds. The van der Waals surface area contributed by atoms with Crippen molar-refractivity contribution in [3.05, 3.63) is 17.7 Å². The molecule has 16 heavy (non-hydrogen) atoms. The molecule has 2 rings (SSSR count). The van der Waals surface area contributed by atoms with Crippen molar-refractivity contribution in [3.8, 4) is 0 Å². The smallest absolute Gasteiger partial charge is 0.110 e. The summed E-state index contributed by atoms with van der Waals surface area (Å²) in [5.74, 6) is 2.72. The van der Waals surface area contributed by atoms with Gasteiger partial charge in [-0.05, 0) is 18.8 Å². The zero-order valence-corrected chi connectivity index (χ0v) is 10.4. The highest BCUT2D eigenvalue weighted by Gasteiger charge is 2.22. The average molecular weight is 221 g/mol. The normalized spacial score (nSPS) is 19.5. The van der Waals surface area contributed by atoms with Crippen LogP contribution < -0.4 is 5.73 Å². The van der Waals surface area contributed by atoms with Gasteiger partial charge in [-0.3, -0.25) is 0 Å². The van der Waals surface area contributed by atoms with Crippen LogP contribution in [0.3, 0.4) is 0 Å². The Morgan fingerprint density at radius 3 is 2.69 bits per heavy atom. The van der Waals surface area contributed by atoms with Crippen molar-refractivity contribution in [1.29, 1.82) is 0 Å². The molecule has 1 aromatic rings. The summed E-state index contributed by atoms with van der Waals surface area (Å²) in [6, 6.07) is 0. The number of hydrogen-bond donors (Lipinski definition) is 2. The molecule has 1 aromatic heterocycles. The van der Waals surface area contributed by atoms with Gasteiger partial charge in [0, 0.05) is 30.3 Å². The lowest BCUT2D eigenvalue weighted by molar-refractivity contribution is 0.485. The molecule has 1 fully saturated rings. The third-order valence-corrected chi connectivity index (χ3v) is 3.82. The van der Waals surface area contributed by atoms with Gasteiger partial charge >= 0.3 is 0 Å². The molecule has 1 heterocycles. The lowest BCUT2D eigenvalue weighted by Gasteiger charge is -2.16. The predicted molar refractivity (Wildman–Crippen MR) is 66.4 cm³/mol. The largest absolute Gasteiger partial charge is 0.345 e. The van der Waals surface area contributed by atoms with E-state index in [1.54, 1.807) is 0 Å². The van der Waals surface area contributed by atoms with Gasteiger partial charge in [0.25, 0.3) is 0 Å². The van der Waals surface area contributed by atoms with Gasteiger partial charge in [-0.25, -0.2) is 4.98 Å². The molecule has 3 N–H and O–H groups in total. The van der Waals surface area contributed by atoms with Gasteiger partial charge in [0.2, 0.25) is 0 Å². The van der Waals surface area contributed by atoms with E-state index in [-0.39, 0.29) is 0 Å². The van der Waals surface area contributed by atoms with Gasteiger partial charge in [-0.15, -0.1) is 0 Å². The Labute approximate surface area is 97.8 Å². The summed E-state index contributed by atoms with van der Waals surface area (Å²) in [4.78, 5) is 8.01. The summed E-state index contributed by atoms with van der Waals surface area (Å²) in [7, 11) is 0. The molecule has 0 aliphatic heterocycles. The fraction of sp³-hybridized carbons (Fsp3) is 0.769. The van der Waals surface area contributed by atoms with E-state index in [1.165, 1.54) is 31.4 Å². The molecule has 0 aromatic carbocycles. The highest BCUT2D eigenvalue weighted by Crippen LogP contribution is 2.33. The standard InChI is InChI=1S/C13H23N3/c1-9(2)11(7-14)13-15-8-12(16-13)10-5-3-4-6-10/h8-11H,3-7,14H2,1-2H3,(H,15,16). The van der Waals surface area contributed by atoms with Crippen LogP contribution in [0.4, 0.5) is 0 Å². The summed E-state index contributed by atoms with van der Waals surface area (Å²) in [6.07, 6.45) is 7.39. The number of rotatable bonds is 4. The van der Waals surface area contributed by atoms with Crippen LogP contribution in [0.25, 0.3) is 0 Å². The molecule has 0 saturated heterocycles. The first-order valence-electron chi connectivity index (χ1n) is 6.47. The molecule has 1 unspecified atom stereocenters. The number of nitrogens with zero attached hydrogens (tertiary/aromatic N) is 1. The van der Waals surface area contributed by atoms with E-state index < -0.39 is 0 Å². The van der Waals surface area contributed by atoms with Crippen LogP contribution in [0.15, 0.2) is 6.20 Å². The molecule has 3 nitrogen and oxygen atoms in total. The molecule has 90 valence electrons. The summed E-state index contributed by atoms with van der Waals surface area (Å²) in [6.45, 7) is 5.08. The lowest BCUT2D eigenvalue weighted by Crippen LogP contribution is -2.19. The molecular formula is C13H23N3. The number of hydrogen-bond acceptors (Lipinski definition) is 2. The van der Waals surface area contributed by atoms with Crippen molar-refractivity contribution in [2.75, 3.05) is 6.54 Å². The minimum Gasteiger partial charge on any atom is -0.345 e. The second-order valence-corrected chi connectivity index (χ2v) is 5.29. The van der Waals surface area contributed by atoms with Crippen molar-refractivity contribution in [1.82, 2.24) is 9.97 Å². The monoisotopic (exact) mass is 221 g/mol. The second-order valence-electron chi connectivity index (χ2n) is 5.29. The first-order valence-corrected chi connectivity index (χ1v) is 6.47. The van der Waals surface area contributed by atoms with Gasteiger partial charge in [-0.1, -0.05) is 26.7 Å². The summed E-state index contributed by atoms with van der Waals surface area (Å²) < 4.78 is 0. The maximum Gasteiger partial charge on any atom is 0.110 e. The fourth-order valence-corrected chi connectivity index (χ4v) is 2.68. The zero-order valence-electron chi connectivity index (χ0n) is 10.4. The zero-order chi connectivity index (χ0) is 11.5. The van der Waals surface area contributed by atoms with Crippen LogP contribution in [0.5, 0.6) is 0 Å². The van der Waals surface area contributed by atoms with Gasteiger partial charge in [0.1, 0.15) is 5.82 Å². The SMILES string of the molecule is CC(C)C(CN)c1ncc(C2CCCC2)[nH]1. The minimum absolute atomic E-state index is 0.371. The maximum atomic E-state index is 5.81. The van der Waals surface area contributed by atoms with Gasteiger partial charge < -0.3 is 10.7 Å². The van der Waals surface area contributed by atoms with Crippen molar-refractivity contribution in [3.63, 3.8) is 0 Å². The number of nitrogens with one attached hydrogen (secondary N) is 1. The van der Waals surface area contributed by atoms with E-state index in [9.17, 15) is 0 Å². The molecular weight excluding hydrogens is 198 g/mol. The quantitative estimate of drug-likeness (QED) is 0.821. The fourth-order valence-electron chi connectivity index (χ4n) is 2.68. The molecule has 3 heteroatoms. The highest BCUT2D eigenvalue weighted by atomic mass is 14.9. The van der Waals surface area contributed by atoms with Crippen LogP contribution in [0.1, 0.15) is 62.9 Å². The number of aromatic amines is 1. The summed E-state index contributed by atoms with van der Waals surface area (Å²) in [5, 5.41) is 0. The number of aromatic nitrogens is 2. The predicted octanol–water partition coefficient (Wildman–Crippen LogP) is 2.77. The Morgan fingerprint density at radius 2 is 2.12 bits per heavy atom. The number of nitrogens with two attached hydrogens (primary N) is 1. The molecule has 1 aliphatic rings. The molecule has 0 spiro atoms. The molecule has 0 bridgehead atoms. The van der Waals surface area contributed by atoms with E-state index in [2.05, 4.69) is 23.8 Å².